The monoisotopic (exact) mass is 207 g/mol. The lowest BCUT2D eigenvalue weighted by Crippen LogP contribution is -2.45. The van der Waals surface area contributed by atoms with E-state index < -0.39 is 20.8 Å². The van der Waals surface area contributed by atoms with Crippen molar-refractivity contribution in [2.45, 2.75) is 39.3 Å². The van der Waals surface area contributed by atoms with E-state index in [0.717, 1.165) is 0 Å². The number of nitrogens with one attached hydrogen (secondary N) is 1. The van der Waals surface area contributed by atoms with E-state index >= 15 is 0 Å². The molecule has 0 spiro atoms. The van der Waals surface area contributed by atoms with Crippen molar-refractivity contribution < 1.29 is 8.60 Å². The highest BCUT2D eigenvalue weighted by atomic mass is 32.2. The third-order valence-corrected chi connectivity index (χ3v) is 4.73. The van der Waals surface area contributed by atoms with Crippen LogP contribution in [0, 0.1) is 10.2 Å². The SMILES string of the molecule is CC(C)(C)C1(F)CCS(=N)(=O)CC1. The predicted molar refractivity (Wildman–Crippen MR) is 53.1 cm³/mol. The van der Waals surface area contributed by atoms with Gasteiger partial charge in [-0.25, -0.2) is 8.60 Å². The molecule has 1 rings (SSSR count). The second-order valence-corrected chi connectivity index (χ2v) is 7.38. The van der Waals surface area contributed by atoms with Crippen LogP contribution >= 0.6 is 0 Å². The molecule has 1 heterocycles. The molecule has 1 aliphatic rings. The van der Waals surface area contributed by atoms with E-state index in [1.807, 2.05) is 20.8 Å². The molecule has 0 radical (unpaired) electrons. The van der Waals surface area contributed by atoms with Gasteiger partial charge in [0.05, 0.1) is 0 Å². The fraction of sp³-hybridized carbons (Fsp3) is 1.00. The van der Waals surface area contributed by atoms with Gasteiger partial charge in [0.25, 0.3) is 0 Å². The molecule has 0 amide bonds. The minimum absolute atomic E-state index is 0.223. The van der Waals surface area contributed by atoms with Crippen LogP contribution in [0.2, 0.25) is 0 Å². The summed E-state index contributed by atoms with van der Waals surface area (Å²) in [5.41, 5.74) is -1.63. The van der Waals surface area contributed by atoms with Gasteiger partial charge in [-0.15, -0.1) is 0 Å². The summed E-state index contributed by atoms with van der Waals surface area (Å²) in [7, 11) is -2.45. The predicted octanol–water partition coefficient (Wildman–Crippen LogP) is 2.58. The van der Waals surface area contributed by atoms with E-state index in [-0.39, 0.29) is 24.3 Å². The fourth-order valence-corrected chi connectivity index (χ4v) is 3.14. The summed E-state index contributed by atoms with van der Waals surface area (Å²) < 4.78 is 32.9. The van der Waals surface area contributed by atoms with Crippen LogP contribution < -0.4 is 0 Å². The molecule has 1 fully saturated rings. The molecular formula is C9H18FNOS. The summed E-state index contributed by atoms with van der Waals surface area (Å²) in [5, 5.41) is 0. The lowest BCUT2D eigenvalue weighted by atomic mass is 9.74. The van der Waals surface area contributed by atoms with E-state index in [2.05, 4.69) is 0 Å². The van der Waals surface area contributed by atoms with E-state index in [1.165, 1.54) is 0 Å². The van der Waals surface area contributed by atoms with Crippen molar-refractivity contribution in [1.29, 1.82) is 4.78 Å². The van der Waals surface area contributed by atoms with Crippen molar-refractivity contribution in [2.24, 2.45) is 5.41 Å². The molecular weight excluding hydrogens is 189 g/mol. The highest BCUT2D eigenvalue weighted by Gasteiger charge is 2.45. The fourth-order valence-electron chi connectivity index (χ4n) is 1.63. The largest absolute Gasteiger partial charge is 0.253 e. The van der Waals surface area contributed by atoms with E-state index in [4.69, 9.17) is 4.78 Å². The molecule has 0 aliphatic carbocycles. The number of hydrogen-bond donors (Lipinski definition) is 1. The second kappa shape index (κ2) is 2.94. The highest BCUT2D eigenvalue weighted by Crippen LogP contribution is 2.42. The highest BCUT2D eigenvalue weighted by molar-refractivity contribution is 7.92. The number of hydrogen-bond acceptors (Lipinski definition) is 2. The zero-order chi connectivity index (χ0) is 10.3. The van der Waals surface area contributed by atoms with Gasteiger partial charge >= 0.3 is 0 Å². The van der Waals surface area contributed by atoms with Gasteiger partial charge in [0, 0.05) is 21.2 Å². The molecule has 2 nitrogen and oxygen atoms in total. The molecule has 1 N–H and O–H groups in total. The Hall–Kier alpha value is -0.120. The normalized spacial score (nSPS) is 41.8. The molecule has 1 aliphatic heterocycles. The topological polar surface area (TPSA) is 40.9 Å². The van der Waals surface area contributed by atoms with E-state index in [1.54, 1.807) is 0 Å². The molecule has 0 bridgehead atoms. The maximum absolute atomic E-state index is 14.2. The van der Waals surface area contributed by atoms with Gasteiger partial charge in [-0.2, -0.15) is 0 Å². The first kappa shape index (κ1) is 11.0. The van der Waals surface area contributed by atoms with Crippen molar-refractivity contribution in [1.82, 2.24) is 0 Å². The minimum Gasteiger partial charge on any atom is -0.253 e. The molecule has 4 heteroatoms. The van der Waals surface area contributed by atoms with Crippen LogP contribution in [0.4, 0.5) is 4.39 Å². The van der Waals surface area contributed by atoms with Crippen molar-refractivity contribution in [3.63, 3.8) is 0 Å². The minimum atomic E-state index is -2.45. The van der Waals surface area contributed by atoms with Gasteiger partial charge in [-0.3, -0.25) is 4.78 Å². The number of alkyl halides is 1. The number of rotatable bonds is 0. The summed E-state index contributed by atoms with van der Waals surface area (Å²) in [6, 6.07) is 0. The Labute approximate surface area is 79.9 Å². The lowest BCUT2D eigenvalue weighted by Gasteiger charge is -2.41. The standard InChI is InChI=1S/C9H18FNOS/c1-8(2,3)9(10)4-6-13(11,12)7-5-9/h11H,4-7H2,1-3H3. The van der Waals surface area contributed by atoms with Gasteiger partial charge in [0.2, 0.25) is 0 Å². The van der Waals surface area contributed by atoms with E-state index in [0.29, 0.717) is 0 Å². The first-order valence-corrected chi connectivity index (χ1v) is 6.49. The molecule has 78 valence electrons. The number of halogens is 1. The van der Waals surface area contributed by atoms with E-state index in [9.17, 15) is 8.60 Å². The maximum atomic E-state index is 14.2. The first-order valence-electron chi connectivity index (χ1n) is 4.59. The van der Waals surface area contributed by atoms with Crippen LogP contribution in [0.3, 0.4) is 0 Å². The molecule has 0 atom stereocenters. The van der Waals surface area contributed by atoms with Crippen molar-refractivity contribution >= 4 is 9.73 Å². The van der Waals surface area contributed by atoms with Gasteiger partial charge in [-0.05, 0) is 18.3 Å². The van der Waals surface area contributed by atoms with Gasteiger partial charge < -0.3 is 0 Å². The third kappa shape index (κ3) is 2.22. The molecule has 1 saturated heterocycles. The quantitative estimate of drug-likeness (QED) is 0.651. The molecule has 0 aromatic heterocycles. The van der Waals surface area contributed by atoms with Crippen LogP contribution in [-0.4, -0.2) is 21.4 Å². The summed E-state index contributed by atoms with van der Waals surface area (Å²) in [6.07, 6.45) is 0.553. The maximum Gasteiger partial charge on any atom is 0.117 e. The Bertz CT molecular complexity index is 275. The summed E-state index contributed by atoms with van der Waals surface area (Å²) in [5.74, 6) is 0.446. The average Bonchev–Trinajstić information content (AvgIpc) is 1.94. The molecule has 0 saturated carbocycles. The molecule has 13 heavy (non-hydrogen) atoms. The summed E-state index contributed by atoms with van der Waals surface area (Å²) in [6.45, 7) is 5.60. The van der Waals surface area contributed by atoms with Crippen molar-refractivity contribution in [3.8, 4) is 0 Å². The Morgan fingerprint density at radius 2 is 1.69 bits per heavy atom. The van der Waals surface area contributed by atoms with Crippen LogP contribution in [0.5, 0.6) is 0 Å². The van der Waals surface area contributed by atoms with Gasteiger partial charge in [-0.1, -0.05) is 20.8 Å². The first-order chi connectivity index (χ1) is 5.66. The third-order valence-electron chi connectivity index (χ3n) is 3.00. The lowest BCUT2D eigenvalue weighted by molar-refractivity contribution is 0.0199. The van der Waals surface area contributed by atoms with Crippen molar-refractivity contribution in [3.05, 3.63) is 0 Å². The second-order valence-electron chi connectivity index (χ2n) is 4.94. The Morgan fingerprint density at radius 3 is 2.00 bits per heavy atom. The molecule has 0 unspecified atom stereocenters. The van der Waals surface area contributed by atoms with Crippen LogP contribution in [0.25, 0.3) is 0 Å². The zero-order valence-electron chi connectivity index (χ0n) is 8.52. The Balaban J connectivity index is 2.79. The average molecular weight is 207 g/mol. The Morgan fingerprint density at radius 1 is 1.31 bits per heavy atom. The summed E-state index contributed by atoms with van der Waals surface area (Å²) in [4.78, 5) is 0. The van der Waals surface area contributed by atoms with Crippen LogP contribution in [0.15, 0.2) is 0 Å². The van der Waals surface area contributed by atoms with Gasteiger partial charge in [0.15, 0.2) is 0 Å². The Kier molecular flexibility index (Phi) is 2.48. The summed E-state index contributed by atoms with van der Waals surface area (Å²) >= 11 is 0. The van der Waals surface area contributed by atoms with Crippen molar-refractivity contribution in [2.75, 3.05) is 11.5 Å². The van der Waals surface area contributed by atoms with Crippen LogP contribution in [0.1, 0.15) is 33.6 Å². The van der Waals surface area contributed by atoms with Gasteiger partial charge in [0.1, 0.15) is 5.67 Å². The molecule has 0 aromatic carbocycles. The molecule has 0 aromatic rings. The van der Waals surface area contributed by atoms with Crippen LogP contribution in [-0.2, 0) is 9.73 Å². The zero-order valence-corrected chi connectivity index (χ0v) is 9.34. The smallest absolute Gasteiger partial charge is 0.117 e.